The third kappa shape index (κ3) is 6.01. The van der Waals surface area contributed by atoms with Gasteiger partial charge in [-0.3, -0.25) is 14.6 Å². The molecule has 0 aliphatic carbocycles. The van der Waals surface area contributed by atoms with Crippen LogP contribution >= 0.6 is 23.1 Å². The van der Waals surface area contributed by atoms with Crippen molar-refractivity contribution >= 4 is 68.2 Å². The molecule has 0 spiro atoms. The van der Waals surface area contributed by atoms with Crippen LogP contribution in [-0.2, 0) is 18.0 Å². The first-order chi connectivity index (χ1) is 23.0. The van der Waals surface area contributed by atoms with Crippen molar-refractivity contribution in [1.29, 1.82) is 0 Å². The van der Waals surface area contributed by atoms with Crippen LogP contribution in [0.25, 0.3) is 22.2 Å². The number of halogens is 2. The second-order valence-corrected chi connectivity index (χ2v) is 16.7. The van der Waals surface area contributed by atoms with Crippen LogP contribution in [0.5, 0.6) is 5.75 Å². The summed E-state index contributed by atoms with van der Waals surface area (Å²) in [5.74, 6) is 1.35. The number of likely N-dealkylation sites (tertiary alicyclic amines) is 1. The molecule has 5 heterocycles. The maximum Gasteiger partial charge on any atom is 0.229 e. The van der Waals surface area contributed by atoms with Gasteiger partial charge in [-0.05, 0) is 60.9 Å². The fourth-order valence-corrected chi connectivity index (χ4v) is 8.47. The first-order valence-electron chi connectivity index (χ1n) is 15.7. The van der Waals surface area contributed by atoms with Gasteiger partial charge in [0, 0.05) is 80.3 Å². The van der Waals surface area contributed by atoms with E-state index in [1.54, 1.807) is 39.0 Å². The van der Waals surface area contributed by atoms with Gasteiger partial charge in [0.25, 0.3) is 0 Å². The minimum Gasteiger partial charge on any atom is -0.494 e. The average Bonchev–Trinajstić information content (AvgIpc) is 3.34. The zero-order chi connectivity index (χ0) is 33.7. The maximum atomic E-state index is 15.6. The van der Waals surface area contributed by atoms with Crippen LogP contribution < -0.4 is 25.6 Å². The molecule has 0 unspecified atom stereocenters. The monoisotopic (exact) mass is 734 g/mol. The molecule has 0 radical (unpaired) electrons. The number of rotatable bonds is 7. The number of piperidine rings is 1. The molecule has 48 heavy (non-hydrogen) atoms. The number of hydrogen-bond acceptors (Lipinski definition) is 11. The normalized spacial score (nSPS) is 18.3. The molecule has 2 aromatic carbocycles. The molecule has 2 aliphatic rings. The second kappa shape index (κ2) is 12.7. The number of nitrogens with zero attached hydrogens (tertiary/aromatic N) is 8. The van der Waals surface area contributed by atoms with Crippen molar-refractivity contribution < 1.29 is 13.7 Å². The van der Waals surface area contributed by atoms with E-state index in [1.165, 1.54) is 0 Å². The van der Waals surface area contributed by atoms with Crippen molar-refractivity contribution in [2.24, 2.45) is 7.05 Å². The molecule has 1 fully saturated rings. The van der Waals surface area contributed by atoms with E-state index >= 15 is 4.39 Å². The highest BCUT2D eigenvalue weighted by Crippen LogP contribution is 2.45. The van der Waals surface area contributed by atoms with E-state index in [-0.39, 0.29) is 6.04 Å². The molecule has 7 rings (SSSR count). The average molecular weight is 736 g/mol. The number of nitrogens with one attached hydrogen (secondary N) is 2. The van der Waals surface area contributed by atoms with Gasteiger partial charge >= 0.3 is 0 Å². The molecule has 12 nitrogen and oxygen atoms in total. The van der Waals surface area contributed by atoms with Gasteiger partial charge in [-0.1, -0.05) is 0 Å². The van der Waals surface area contributed by atoms with E-state index in [4.69, 9.17) is 9.72 Å². The summed E-state index contributed by atoms with van der Waals surface area (Å²) in [4.78, 5) is 22.5. The number of aryl methyl sites for hydroxylation is 1. The summed E-state index contributed by atoms with van der Waals surface area (Å²) in [5, 5.41) is 11.9. The minimum atomic E-state index is -2.79. The highest BCUT2D eigenvalue weighted by molar-refractivity contribution is 9.10. The second-order valence-electron chi connectivity index (χ2n) is 12.7. The van der Waals surface area contributed by atoms with Crippen molar-refractivity contribution in [3.05, 3.63) is 59.2 Å². The van der Waals surface area contributed by atoms with Gasteiger partial charge in [-0.2, -0.15) is 10.1 Å². The van der Waals surface area contributed by atoms with Gasteiger partial charge in [0.2, 0.25) is 5.95 Å². The maximum absolute atomic E-state index is 15.6. The Bertz CT molecular complexity index is 2070. The molecular formula is C33H37BrFN10O2P. The van der Waals surface area contributed by atoms with Gasteiger partial charge in [0.05, 0.1) is 46.0 Å². The van der Waals surface area contributed by atoms with Crippen LogP contribution in [-0.4, -0.2) is 94.0 Å². The largest absolute Gasteiger partial charge is 0.494 e. The minimum absolute atomic E-state index is 0.248. The molecule has 3 aromatic heterocycles. The summed E-state index contributed by atoms with van der Waals surface area (Å²) < 4.78 is 37.5. The number of anilines is 5. The Kier molecular flexibility index (Phi) is 8.59. The van der Waals surface area contributed by atoms with Gasteiger partial charge in [0.15, 0.2) is 0 Å². The Morgan fingerprint density at radius 2 is 1.83 bits per heavy atom. The zero-order valence-corrected chi connectivity index (χ0v) is 29.9. The lowest BCUT2D eigenvalue weighted by atomic mass is 9.98. The SMILES string of the molecule is COc1cc2c(cc1Nc1ncc(Br)c(Nc3ccc4nccnc4c3P(C)(C)=O)n1)-c1cnn(C)c1CCN2[C@H]1CCN(C)C[C@@H]1F. The predicted molar refractivity (Wildman–Crippen MR) is 192 cm³/mol. The van der Waals surface area contributed by atoms with Crippen LogP contribution in [0.15, 0.2) is 53.5 Å². The summed E-state index contributed by atoms with van der Waals surface area (Å²) >= 11 is 3.57. The predicted octanol–water partition coefficient (Wildman–Crippen LogP) is 5.73. The number of hydrogen-bond donors (Lipinski definition) is 2. The van der Waals surface area contributed by atoms with E-state index in [2.05, 4.69) is 51.5 Å². The number of fused-ring (bicyclic) bond motifs is 4. The lowest BCUT2D eigenvalue weighted by molar-refractivity contribution is 0.136. The molecule has 0 saturated carbocycles. The quantitative estimate of drug-likeness (QED) is 0.199. The summed E-state index contributed by atoms with van der Waals surface area (Å²) in [7, 11) is 2.74. The summed E-state index contributed by atoms with van der Waals surface area (Å²) in [6.45, 7) is 5.33. The third-order valence-electron chi connectivity index (χ3n) is 9.07. The van der Waals surface area contributed by atoms with Crippen LogP contribution in [0.1, 0.15) is 12.1 Å². The number of alkyl halides is 1. The molecule has 5 aromatic rings. The molecule has 2 aliphatic heterocycles. The molecule has 0 bridgehead atoms. The third-order valence-corrected chi connectivity index (χ3v) is 11.2. The Balaban J connectivity index is 1.27. The van der Waals surface area contributed by atoms with E-state index in [1.807, 2.05) is 54.1 Å². The van der Waals surface area contributed by atoms with Crippen molar-refractivity contribution in [3.8, 4) is 16.9 Å². The van der Waals surface area contributed by atoms with Crippen LogP contribution in [0, 0.1) is 0 Å². The molecule has 1 saturated heterocycles. The highest BCUT2D eigenvalue weighted by Gasteiger charge is 2.36. The standard InChI is InChI=1S/C33H37BrFN10O2P/c1-43-12-8-27(22(35)18-43)45-13-9-26-20(16-39-44(26)2)19-14-25(29(47-3)15-28(19)45)41-33-38-17-21(34)32(42-33)40-24-7-6-23-30(37-11-10-36-23)31(24)48(4,5)46/h6-7,10-11,14-17,22,27H,8-9,12-13,18H2,1-5H3,(H2,38,40,41,42)/t22-,27-/m0/s1. The first kappa shape index (κ1) is 32.4. The van der Waals surface area contributed by atoms with E-state index in [0.29, 0.717) is 62.8 Å². The van der Waals surface area contributed by atoms with Gasteiger partial charge in [0.1, 0.15) is 30.4 Å². The number of methoxy groups -OCH3 is 1. The summed E-state index contributed by atoms with van der Waals surface area (Å²) in [6.07, 6.45) is 7.22. The topological polar surface area (TPSA) is 126 Å². The molecule has 2 atom stereocenters. The fraction of sp³-hybridized carbons (Fsp3) is 0.364. The lowest BCUT2D eigenvalue weighted by Crippen LogP contribution is -2.52. The van der Waals surface area contributed by atoms with E-state index in [9.17, 15) is 4.57 Å². The zero-order valence-electron chi connectivity index (χ0n) is 27.4. The van der Waals surface area contributed by atoms with Crippen LogP contribution in [0.2, 0.25) is 0 Å². The van der Waals surface area contributed by atoms with Gasteiger partial charge in [-0.25, -0.2) is 9.37 Å². The number of benzene rings is 2. The number of aromatic nitrogens is 6. The van der Waals surface area contributed by atoms with Crippen molar-refractivity contribution in [2.75, 3.05) is 62.7 Å². The summed E-state index contributed by atoms with van der Waals surface area (Å²) in [5.41, 5.74) is 6.44. The fourth-order valence-electron chi connectivity index (χ4n) is 6.79. The Morgan fingerprint density at radius 1 is 1.02 bits per heavy atom. The Labute approximate surface area is 286 Å². The summed E-state index contributed by atoms with van der Waals surface area (Å²) in [6, 6.07) is 7.42. The molecule has 15 heteroatoms. The van der Waals surface area contributed by atoms with Gasteiger partial charge < -0.3 is 29.7 Å². The van der Waals surface area contributed by atoms with Crippen LogP contribution in [0.3, 0.4) is 0 Å². The van der Waals surface area contributed by atoms with Crippen molar-refractivity contribution in [2.45, 2.75) is 25.1 Å². The van der Waals surface area contributed by atoms with Crippen molar-refractivity contribution in [1.82, 2.24) is 34.6 Å². The number of ether oxygens (including phenoxy) is 1. The van der Waals surface area contributed by atoms with E-state index in [0.717, 1.165) is 41.9 Å². The van der Waals surface area contributed by atoms with Gasteiger partial charge in [-0.15, -0.1) is 0 Å². The first-order valence-corrected chi connectivity index (χ1v) is 19.1. The molecule has 250 valence electrons. The van der Waals surface area contributed by atoms with Crippen LogP contribution in [0.4, 0.5) is 33.2 Å². The van der Waals surface area contributed by atoms with Crippen molar-refractivity contribution in [3.63, 3.8) is 0 Å². The Hall–Kier alpha value is -4.13. The smallest absolute Gasteiger partial charge is 0.229 e. The molecular weight excluding hydrogens is 698 g/mol. The highest BCUT2D eigenvalue weighted by atomic mass is 79.9. The molecule has 0 amide bonds. The molecule has 2 N–H and O–H groups in total. The van der Waals surface area contributed by atoms with E-state index < -0.39 is 13.3 Å². The Morgan fingerprint density at radius 3 is 2.60 bits per heavy atom. The lowest BCUT2D eigenvalue weighted by Gasteiger charge is -2.41.